The zero-order valence-electron chi connectivity index (χ0n) is 9.36. The summed E-state index contributed by atoms with van der Waals surface area (Å²) in [5.74, 6) is -2.25. The van der Waals surface area contributed by atoms with Crippen molar-refractivity contribution in [2.75, 3.05) is 6.61 Å². The van der Waals surface area contributed by atoms with Gasteiger partial charge in [0.05, 0.1) is 6.61 Å². The Kier molecular flexibility index (Phi) is 6.95. The van der Waals surface area contributed by atoms with Crippen molar-refractivity contribution in [1.82, 2.24) is 0 Å². The fraction of sp³-hybridized carbons (Fsp3) is 0.600. The second-order valence-electron chi connectivity index (χ2n) is 2.86. The molecule has 0 amide bonds. The molecule has 0 atom stereocenters. The topological polar surface area (TPSA) is 93.1 Å². The van der Waals surface area contributed by atoms with Crippen LogP contribution in [0.4, 0.5) is 0 Å². The molecule has 0 saturated carbocycles. The molecular formula is C10H16O6. The molecule has 0 aromatic carbocycles. The number of hydrogen-bond acceptors (Lipinski definition) is 6. The largest absolute Gasteiger partial charge is 0.478 e. The third-order valence-corrected chi connectivity index (χ3v) is 1.60. The van der Waals surface area contributed by atoms with E-state index in [1.54, 1.807) is 13.8 Å². The van der Waals surface area contributed by atoms with Crippen LogP contribution in [0.25, 0.3) is 0 Å². The zero-order valence-corrected chi connectivity index (χ0v) is 9.36. The molecule has 6 nitrogen and oxygen atoms in total. The third-order valence-electron chi connectivity index (χ3n) is 1.60. The molecule has 0 radical (unpaired) electrons. The van der Waals surface area contributed by atoms with Crippen molar-refractivity contribution in [2.24, 2.45) is 0 Å². The molecule has 0 aromatic heterocycles. The SMILES string of the molecule is CCC(=O)O/C(O)=C(/CCO)OC(=O)CC. The van der Waals surface area contributed by atoms with Gasteiger partial charge in [0.2, 0.25) is 0 Å². The summed E-state index contributed by atoms with van der Waals surface area (Å²) in [5, 5.41) is 18.0. The molecule has 0 aromatic rings. The molecule has 0 aliphatic carbocycles. The predicted octanol–water partition coefficient (Wildman–Crippen LogP) is 1.00. The summed E-state index contributed by atoms with van der Waals surface area (Å²) in [5.41, 5.74) is 0. The van der Waals surface area contributed by atoms with Crippen LogP contribution in [0, 0.1) is 0 Å². The van der Waals surface area contributed by atoms with Crippen molar-refractivity contribution >= 4 is 11.9 Å². The maximum atomic E-state index is 11.0. The highest BCUT2D eigenvalue weighted by atomic mass is 16.6. The molecule has 0 heterocycles. The summed E-state index contributed by atoms with van der Waals surface area (Å²) < 4.78 is 9.17. The summed E-state index contributed by atoms with van der Waals surface area (Å²) in [6.07, 6.45) is 0.0939. The van der Waals surface area contributed by atoms with Crippen molar-refractivity contribution in [3.05, 3.63) is 11.7 Å². The lowest BCUT2D eigenvalue weighted by Gasteiger charge is -2.09. The van der Waals surface area contributed by atoms with Gasteiger partial charge in [-0.1, -0.05) is 13.8 Å². The molecule has 0 aliphatic rings. The minimum atomic E-state index is -0.775. The number of ether oxygens (including phenoxy) is 2. The van der Waals surface area contributed by atoms with Gasteiger partial charge in [-0.3, -0.25) is 9.59 Å². The lowest BCUT2D eigenvalue weighted by Crippen LogP contribution is -2.11. The van der Waals surface area contributed by atoms with Crippen molar-refractivity contribution in [1.29, 1.82) is 0 Å². The third kappa shape index (κ3) is 5.35. The van der Waals surface area contributed by atoms with Gasteiger partial charge >= 0.3 is 17.9 Å². The van der Waals surface area contributed by atoms with Gasteiger partial charge in [-0.15, -0.1) is 0 Å². The van der Waals surface area contributed by atoms with Gasteiger partial charge < -0.3 is 19.7 Å². The van der Waals surface area contributed by atoms with Crippen LogP contribution in [0.1, 0.15) is 33.1 Å². The quantitative estimate of drug-likeness (QED) is 0.524. The fourth-order valence-corrected chi connectivity index (χ4v) is 0.750. The Morgan fingerprint density at radius 2 is 1.56 bits per heavy atom. The van der Waals surface area contributed by atoms with Crippen molar-refractivity contribution < 1.29 is 29.3 Å². The summed E-state index contributed by atoms with van der Waals surface area (Å²) in [7, 11) is 0. The summed E-state index contributed by atoms with van der Waals surface area (Å²) in [6, 6.07) is 0. The Morgan fingerprint density at radius 1 is 1.06 bits per heavy atom. The summed E-state index contributed by atoms with van der Waals surface area (Å²) in [6.45, 7) is 2.80. The van der Waals surface area contributed by atoms with Gasteiger partial charge in [-0.05, 0) is 0 Å². The first-order valence-electron chi connectivity index (χ1n) is 4.99. The van der Waals surface area contributed by atoms with E-state index in [1.807, 2.05) is 0 Å². The molecule has 0 bridgehead atoms. The highest BCUT2D eigenvalue weighted by Gasteiger charge is 2.15. The van der Waals surface area contributed by atoms with E-state index < -0.39 is 17.9 Å². The molecule has 0 saturated heterocycles. The minimum Gasteiger partial charge on any atom is -0.478 e. The molecule has 0 fully saturated rings. The minimum absolute atomic E-state index is 0.0815. The van der Waals surface area contributed by atoms with Crippen molar-refractivity contribution in [3.63, 3.8) is 0 Å². The number of rotatable bonds is 6. The van der Waals surface area contributed by atoms with Crippen LogP contribution in [0.15, 0.2) is 11.7 Å². The van der Waals surface area contributed by atoms with E-state index in [1.165, 1.54) is 0 Å². The number of carbonyl (C=O) groups excluding carboxylic acids is 2. The van der Waals surface area contributed by atoms with Crippen LogP contribution in [0.3, 0.4) is 0 Å². The van der Waals surface area contributed by atoms with Crippen LogP contribution in [0.5, 0.6) is 0 Å². The van der Waals surface area contributed by atoms with Gasteiger partial charge in [-0.2, -0.15) is 0 Å². The Balaban J connectivity index is 4.63. The number of hydrogen-bond donors (Lipinski definition) is 2. The van der Waals surface area contributed by atoms with E-state index in [9.17, 15) is 14.7 Å². The number of carbonyl (C=O) groups is 2. The van der Waals surface area contributed by atoms with Crippen molar-refractivity contribution in [2.45, 2.75) is 33.1 Å². The number of esters is 2. The Labute approximate surface area is 93.5 Å². The Bertz CT molecular complexity index is 281. The lowest BCUT2D eigenvalue weighted by atomic mass is 10.4. The van der Waals surface area contributed by atoms with Gasteiger partial charge in [0, 0.05) is 19.3 Å². The van der Waals surface area contributed by atoms with Gasteiger partial charge in [0.1, 0.15) is 0 Å². The van der Waals surface area contributed by atoms with Crippen LogP contribution >= 0.6 is 0 Å². The molecule has 2 N–H and O–H groups in total. The highest BCUT2D eigenvalue weighted by Crippen LogP contribution is 2.11. The standard InChI is InChI=1S/C10H16O6/c1-3-8(12)15-7(5-6-11)10(14)16-9(13)4-2/h11,14H,3-6H2,1-2H3/b10-7-. The Morgan fingerprint density at radius 3 is 2.00 bits per heavy atom. The number of aliphatic hydroxyl groups excluding tert-OH is 2. The lowest BCUT2D eigenvalue weighted by molar-refractivity contribution is -0.147. The molecule has 0 unspecified atom stereocenters. The molecule has 16 heavy (non-hydrogen) atoms. The van der Waals surface area contributed by atoms with Crippen LogP contribution in [0.2, 0.25) is 0 Å². The van der Waals surface area contributed by atoms with Gasteiger partial charge in [-0.25, -0.2) is 0 Å². The predicted molar refractivity (Wildman–Crippen MR) is 54.1 cm³/mol. The van der Waals surface area contributed by atoms with E-state index in [0.717, 1.165) is 0 Å². The van der Waals surface area contributed by atoms with E-state index in [2.05, 4.69) is 4.74 Å². The van der Waals surface area contributed by atoms with E-state index in [4.69, 9.17) is 9.84 Å². The maximum Gasteiger partial charge on any atom is 0.325 e. The van der Waals surface area contributed by atoms with Crippen LogP contribution in [-0.2, 0) is 19.1 Å². The molecule has 0 spiro atoms. The maximum absolute atomic E-state index is 11.0. The van der Waals surface area contributed by atoms with Crippen LogP contribution < -0.4 is 0 Å². The highest BCUT2D eigenvalue weighted by molar-refractivity contribution is 5.71. The molecule has 0 rings (SSSR count). The van der Waals surface area contributed by atoms with Crippen molar-refractivity contribution in [3.8, 4) is 0 Å². The molecule has 92 valence electrons. The van der Waals surface area contributed by atoms with E-state index >= 15 is 0 Å². The first-order chi connectivity index (χ1) is 7.54. The second kappa shape index (κ2) is 7.70. The van der Waals surface area contributed by atoms with Gasteiger partial charge in [0.25, 0.3) is 0 Å². The zero-order chi connectivity index (χ0) is 12.6. The first kappa shape index (κ1) is 14.4. The molecule has 0 aliphatic heterocycles. The summed E-state index contributed by atoms with van der Waals surface area (Å²) in [4.78, 5) is 21.8. The van der Waals surface area contributed by atoms with Crippen LogP contribution in [-0.4, -0.2) is 28.8 Å². The molecular weight excluding hydrogens is 216 g/mol. The number of aliphatic hydroxyl groups is 2. The Hall–Kier alpha value is -1.56. The normalized spacial score (nSPS) is 11.7. The monoisotopic (exact) mass is 232 g/mol. The molecule has 6 heteroatoms. The van der Waals surface area contributed by atoms with E-state index in [0.29, 0.717) is 0 Å². The summed E-state index contributed by atoms with van der Waals surface area (Å²) >= 11 is 0. The van der Waals surface area contributed by atoms with E-state index in [-0.39, 0.29) is 31.6 Å². The average Bonchev–Trinajstić information content (AvgIpc) is 2.27. The average molecular weight is 232 g/mol. The fourth-order valence-electron chi connectivity index (χ4n) is 0.750. The van der Waals surface area contributed by atoms with Gasteiger partial charge in [0.15, 0.2) is 5.76 Å². The second-order valence-corrected chi connectivity index (χ2v) is 2.86. The smallest absolute Gasteiger partial charge is 0.325 e. The first-order valence-corrected chi connectivity index (χ1v) is 4.99.